The summed E-state index contributed by atoms with van der Waals surface area (Å²) in [7, 11) is 0. The fourth-order valence-electron chi connectivity index (χ4n) is 2.85. The van der Waals surface area contributed by atoms with Crippen LogP contribution in [0.1, 0.15) is 11.1 Å². The van der Waals surface area contributed by atoms with E-state index in [2.05, 4.69) is 10.6 Å². The van der Waals surface area contributed by atoms with Gasteiger partial charge in [0.2, 0.25) is 0 Å². The Balaban J connectivity index is 1.88. The lowest BCUT2D eigenvalue weighted by molar-refractivity contribution is -0.125. The quantitative estimate of drug-likeness (QED) is 0.282. The second-order valence-corrected chi connectivity index (χ2v) is 7.38. The van der Waals surface area contributed by atoms with Gasteiger partial charge in [-0.3, -0.25) is 5.14 Å². The molecular formula is C22H21F4N3OS. The van der Waals surface area contributed by atoms with Crippen LogP contribution in [0.4, 0.5) is 23.2 Å². The van der Waals surface area contributed by atoms with Gasteiger partial charge in [0, 0.05) is 13.1 Å². The molecule has 9 heteroatoms. The van der Waals surface area contributed by atoms with Crippen molar-refractivity contribution >= 4 is 17.6 Å². The van der Waals surface area contributed by atoms with Gasteiger partial charge in [0.1, 0.15) is 11.6 Å². The van der Waals surface area contributed by atoms with E-state index in [1.807, 2.05) is 30.3 Å². The van der Waals surface area contributed by atoms with Gasteiger partial charge in [-0.25, -0.2) is 4.39 Å². The maximum absolute atomic E-state index is 13.2. The van der Waals surface area contributed by atoms with Crippen LogP contribution in [0.5, 0.6) is 11.5 Å². The highest BCUT2D eigenvalue weighted by Gasteiger charge is 2.26. The molecule has 0 aliphatic carbocycles. The number of nitrogens with two attached hydrogens (primary N) is 1. The summed E-state index contributed by atoms with van der Waals surface area (Å²) < 4.78 is 56.6. The molecule has 0 aliphatic rings. The van der Waals surface area contributed by atoms with Crippen molar-refractivity contribution in [2.45, 2.75) is 24.2 Å². The highest BCUT2D eigenvalue weighted by atomic mass is 32.2. The molecule has 31 heavy (non-hydrogen) atoms. The number of rotatable bonds is 9. The molecule has 3 aromatic carbocycles. The topological polar surface area (TPSA) is 59.3 Å². The third-order valence-corrected chi connectivity index (χ3v) is 4.81. The van der Waals surface area contributed by atoms with Crippen LogP contribution in [0.3, 0.4) is 0 Å². The zero-order chi connectivity index (χ0) is 22.3. The van der Waals surface area contributed by atoms with Crippen LogP contribution in [0, 0.1) is 5.82 Å². The van der Waals surface area contributed by atoms with E-state index in [0.717, 1.165) is 17.5 Å². The number of hydrogen-bond acceptors (Lipinski definition) is 5. The van der Waals surface area contributed by atoms with Crippen molar-refractivity contribution in [3.63, 3.8) is 0 Å². The van der Waals surface area contributed by atoms with Crippen molar-refractivity contribution in [3.05, 3.63) is 83.7 Å². The van der Waals surface area contributed by atoms with E-state index < -0.39 is 18.5 Å². The maximum atomic E-state index is 13.2. The molecule has 3 aromatic rings. The zero-order valence-electron chi connectivity index (χ0n) is 16.4. The molecule has 0 atom stereocenters. The predicted molar refractivity (Wildman–Crippen MR) is 114 cm³/mol. The molecule has 3 rings (SSSR count). The number of halogens is 4. The van der Waals surface area contributed by atoms with Crippen LogP contribution in [-0.2, 0) is 13.1 Å². The Morgan fingerprint density at radius 3 is 2.26 bits per heavy atom. The van der Waals surface area contributed by atoms with Crippen molar-refractivity contribution in [2.75, 3.05) is 11.9 Å². The van der Waals surface area contributed by atoms with Gasteiger partial charge < -0.3 is 15.4 Å². The normalized spacial score (nSPS) is 11.4. The third-order valence-electron chi connectivity index (χ3n) is 4.26. The minimum Gasteiger partial charge on any atom is -0.454 e. The predicted octanol–water partition coefficient (Wildman–Crippen LogP) is 5.85. The van der Waals surface area contributed by atoms with Crippen molar-refractivity contribution in [1.29, 1.82) is 0 Å². The SMILES string of the molecule is NSc1cc(CNCC(F)(F)F)cc(NCc2ccccc2)c1Oc1ccc(F)cc1. The first-order valence-corrected chi connectivity index (χ1v) is 10.2. The molecule has 4 nitrogen and oxygen atoms in total. The molecule has 164 valence electrons. The molecule has 0 saturated carbocycles. The fraction of sp³-hybridized carbons (Fsp3) is 0.182. The van der Waals surface area contributed by atoms with Gasteiger partial charge in [-0.15, -0.1) is 0 Å². The molecule has 0 saturated heterocycles. The zero-order valence-corrected chi connectivity index (χ0v) is 17.2. The lowest BCUT2D eigenvalue weighted by atomic mass is 10.1. The van der Waals surface area contributed by atoms with Gasteiger partial charge in [-0.05, 0) is 59.5 Å². The molecule has 0 radical (unpaired) electrons. The lowest BCUT2D eigenvalue weighted by Crippen LogP contribution is -2.28. The summed E-state index contributed by atoms with van der Waals surface area (Å²) in [6.45, 7) is -0.628. The first-order valence-electron chi connectivity index (χ1n) is 9.36. The van der Waals surface area contributed by atoms with Gasteiger partial charge in [0.15, 0.2) is 5.75 Å². The fourth-order valence-corrected chi connectivity index (χ4v) is 3.33. The second-order valence-electron chi connectivity index (χ2n) is 6.70. The van der Waals surface area contributed by atoms with E-state index >= 15 is 0 Å². The van der Waals surface area contributed by atoms with Gasteiger partial charge in [0.25, 0.3) is 0 Å². The number of ether oxygens (including phenoxy) is 1. The largest absolute Gasteiger partial charge is 0.454 e. The summed E-state index contributed by atoms with van der Waals surface area (Å²) in [5.41, 5.74) is 2.18. The van der Waals surface area contributed by atoms with Crippen LogP contribution < -0.4 is 20.5 Å². The Morgan fingerprint density at radius 1 is 0.903 bits per heavy atom. The van der Waals surface area contributed by atoms with E-state index in [1.165, 1.54) is 24.3 Å². The average Bonchev–Trinajstić information content (AvgIpc) is 2.74. The lowest BCUT2D eigenvalue weighted by Gasteiger charge is -2.18. The summed E-state index contributed by atoms with van der Waals surface area (Å²) in [5, 5.41) is 11.5. The van der Waals surface area contributed by atoms with E-state index in [9.17, 15) is 17.6 Å². The Hall–Kier alpha value is -2.75. The van der Waals surface area contributed by atoms with Crippen LogP contribution in [-0.4, -0.2) is 12.7 Å². The number of nitrogens with one attached hydrogen (secondary N) is 2. The van der Waals surface area contributed by atoms with Gasteiger partial charge in [-0.2, -0.15) is 13.2 Å². The standard InChI is InChI=1S/C22H21F4N3OS/c23-17-6-8-18(9-7-17)30-21-19(29-13-15-4-2-1-3-5-15)10-16(11-20(21)31-27)12-28-14-22(24,25)26/h1-11,28-29H,12-14,27H2. The van der Waals surface area contributed by atoms with Crippen LogP contribution in [0.2, 0.25) is 0 Å². The first-order chi connectivity index (χ1) is 14.8. The summed E-state index contributed by atoms with van der Waals surface area (Å²) in [6.07, 6.45) is -4.30. The monoisotopic (exact) mass is 451 g/mol. The highest BCUT2D eigenvalue weighted by molar-refractivity contribution is 7.97. The van der Waals surface area contributed by atoms with E-state index in [4.69, 9.17) is 9.88 Å². The Bertz CT molecular complexity index is 983. The maximum Gasteiger partial charge on any atom is 0.401 e. The van der Waals surface area contributed by atoms with Crippen LogP contribution >= 0.6 is 11.9 Å². The van der Waals surface area contributed by atoms with Crippen molar-refractivity contribution < 1.29 is 22.3 Å². The molecule has 0 amide bonds. The molecule has 0 unspecified atom stereocenters. The Labute approximate surface area is 181 Å². The summed E-state index contributed by atoms with van der Waals surface area (Å²) in [6, 6.07) is 18.5. The number of hydrogen-bond donors (Lipinski definition) is 3. The number of benzene rings is 3. The smallest absolute Gasteiger partial charge is 0.401 e. The molecule has 0 spiro atoms. The van der Waals surface area contributed by atoms with Crippen molar-refractivity contribution in [1.82, 2.24) is 5.32 Å². The van der Waals surface area contributed by atoms with Crippen molar-refractivity contribution in [3.8, 4) is 11.5 Å². The summed E-state index contributed by atoms with van der Waals surface area (Å²) >= 11 is 0.918. The molecule has 4 N–H and O–H groups in total. The second kappa shape index (κ2) is 10.5. The Kier molecular flexibility index (Phi) is 7.78. The van der Waals surface area contributed by atoms with Gasteiger partial charge in [-0.1, -0.05) is 30.3 Å². The molecular weight excluding hydrogens is 430 g/mol. The van der Waals surface area contributed by atoms with Gasteiger partial charge in [0.05, 0.1) is 17.1 Å². The first kappa shape index (κ1) is 22.9. The Morgan fingerprint density at radius 2 is 1.61 bits per heavy atom. The highest BCUT2D eigenvalue weighted by Crippen LogP contribution is 2.39. The molecule has 0 bridgehead atoms. The average molecular weight is 451 g/mol. The van der Waals surface area contributed by atoms with Crippen LogP contribution in [0.15, 0.2) is 71.6 Å². The molecule has 0 fully saturated rings. The summed E-state index contributed by atoms with van der Waals surface area (Å²) in [4.78, 5) is 0.534. The number of alkyl halides is 3. The number of anilines is 1. The van der Waals surface area contributed by atoms with E-state index in [0.29, 0.717) is 34.2 Å². The molecule has 0 heterocycles. The van der Waals surface area contributed by atoms with Crippen molar-refractivity contribution in [2.24, 2.45) is 5.14 Å². The third kappa shape index (κ3) is 7.16. The molecule has 0 aromatic heterocycles. The molecule has 0 aliphatic heterocycles. The minimum atomic E-state index is -4.30. The van der Waals surface area contributed by atoms with E-state index in [1.54, 1.807) is 12.1 Å². The van der Waals surface area contributed by atoms with E-state index in [-0.39, 0.29) is 6.54 Å². The van der Waals surface area contributed by atoms with Crippen LogP contribution in [0.25, 0.3) is 0 Å². The summed E-state index contributed by atoms with van der Waals surface area (Å²) in [5.74, 6) is 0.423. The minimum absolute atomic E-state index is 0.00388. The van der Waals surface area contributed by atoms with Gasteiger partial charge >= 0.3 is 6.18 Å².